The van der Waals surface area contributed by atoms with Crippen molar-refractivity contribution in [3.63, 3.8) is 0 Å². The van der Waals surface area contributed by atoms with Gasteiger partial charge in [-0.05, 0) is 24.3 Å². The normalized spacial score (nSPS) is 11.4. The van der Waals surface area contributed by atoms with Gasteiger partial charge in [0.15, 0.2) is 0 Å². The maximum Gasteiger partial charge on any atom is 0.203 e. The van der Waals surface area contributed by atoms with E-state index in [1.807, 2.05) is 53.9 Å². The lowest BCUT2D eigenvalue weighted by atomic mass is 10.1. The number of hydrazone groups is 1. The highest BCUT2D eigenvalue weighted by Gasteiger charge is 2.10. The van der Waals surface area contributed by atoms with Gasteiger partial charge < -0.3 is 9.84 Å². The van der Waals surface area contributed by atoms with Crippen LogP contribution in [0.25, 0.3) is 11.3 Å². The summed E-state index contributed by atoms with van der Waals surface area (Å²) in [6, 6.07) is 14.9. The lowest BCUT2D eigenvalue weighted by molar-refractivity contribution is 0.356. The zero-order chi connectivity index (χ0) is 17.6. The molecule has 0 amide bonds. The van der Waals surface area contributed by atoms with Gasteiger partial charge in [-0.3, -0.25) is 5.43 Å². The highest BCUT2D eigenvalue weighted by atomic mass is 35.5. The van der Waals surface area contributed by atoms with Crippen molar-refractivity contribution in [2.24, 2.45) is 5.10 Å². The quantitative estimate of drug-likeness (QED) is 0.500. The minimum absolute atomic E-state index is 0.219. The first-order valence-electron chi connectivity index (χ1n) is 7.49. The molecule has 0 radical (unpaired) electrons. The third kappa shape index (κ3) is 4.17. The first-order chi connectivity index (χ1) is 12.2. The number of para-hydroxylation sites is 1. The van der Waals surface area contributed by atoms with E-state index >= 15 is 0 Å². The third-order valence-electron chi connectivity index (χ3n) is 3.50. The molecule has 0 saturated carbocycles. The number of benzene rings is 2. The number of nitrogens with zero attached hydrogens (tertiary/aromatic N) is 2. The van der Waals surface area contributed by atoms with Crippen molar-refractivity contribution in [3.05, 3.63) is 64.5 Å². The number of thiazole rings is 1. The lowest BCUT2D eigenvalue weighted by Crippen LogP contribution is -2.10. The van der Waals surface area contributed by atoms with E-state index in [4.69, 9.17) is 16.3 Å². The van der Waals surface area contributed by atoms with E-state index in [9.17, 15) is 5.11 Å². The van der Waals surface area contributed by atoms with Crippen LogP contribution >= 0.6 is 22.9 Å². The van der Waals surface area contributed by atoms with Crippen LogP contribution in [0.1, 0.15) is 5.56 Å². The van der Waals surface area contributed by atoms with Gasteiger partial charge in [-0.1, -0.05) is 35.9 Å². The third-order valence-corrected chi connectivity index (χ3v) is 4.50. The van der Waals surface area contributed by atoms with Crippen molar-refractivity contribution in [2.75, 3.05) is 19.1 Å². The molecule has 2 aromatic carbocycles. The second-order valence-corrected chi connectivity index (χ2v) is 6.37. The fourth-order valence-electron chi connectivity index (χ4n) is 2.26. The van der Waals surface area contributed by atoms with Gasteiger partial charge in [0.25, 0.3) is 0 Å². The number of aromatic nitrogens is 1. The number of halogens is 1. The number of hydrogen-bond acceptors (Lipinski definition) is 6. The average Bonchev–Trinajstić information content (AvgIpc) is 3.12. The molecule has 5 nitrogen and oxygen atoms in total. The highest BCUT2D eigenvalue weighted by Crippen LogP contribution is 2.26. The predicted octanol–water partition coefficient (Wildman–Crippen LogP) is 4.28. The number of methoxy groups -OCH3 is 1. The van der Waals surface area contributed by atoms with E-state index in [-0.39, 0.29) is 6.61 Å². The van der Waals surface area contributed by atoms with E-state index in [1.165, 1.54) is 11.3 Å². The Morgan fingerprint density at radius 3 is 2.72 bits per heavy atom. The standard InChI is InChI=1S/C18H16ClN3O2S/c1-24-17-5-3-2-4-14(17)15(10-23)21-22-18-20-16(11-25-18)12-6-8-13(19)9-7-12/h2-9,11,23H,10H2,1H3,(H,20,22)/b21-15+. The zero-order valence-electron chi connectivity index (χ0n) is 13.4. The summed E-state index contributed by atoms with van der Waals surface area (Å²) in [7, 11) is 1.58. The first-order valence-corrected chi connectivity index (χ1v) is 8.75. The molecular weight excluding hydrogens is 358 g/mol. The van der Waals surface area contributed by atoms with Gasteiger partial charge >= 0.3 is 0 Å². The molecule has 0 fully saturated rings. The summed E-state index contributed by atoms with van der Waals surface area (Å²) in [5.41, 5.74) is 5.92. The molecule has 0 aliphatic rings. The van der Waals surface area contributed by atoms with Crippen LogP contribution in [0.3, 0.4) is 0 Å². The molecule has 1 heterocycles. The maximum atomic E-state index is 9.63. The SMILES string of the molecule is COc1ccccc1/C(CO)=N/Nc1nc(-c2ccc(Cl)cc2)cs1. The van der Waals surface area contributed by atoms with Gasteiger partial charge in [-0.25, -0.2) is 4.98 Å². The lowest BCUT2D eigenvalue weighted by Gasteiger charge is -2.09. The Labute approximate surface area is 154 Å². The highest BCUT2D eigenvalue weighted by molar-refractivity contribution is 7.14. The van der Waals surface area contributed by atoms with Crippen LogP contribution in [0, 0.1) is 0 Å². The van der Waals surface area contributed by atoms with Crippen LogP contribution in [-0.4, -0.2) is 29.5 Å². The number of ether oxygens (including phenoxy) is 1. The molecule has 0 bridgehead atoms. The van der Waals surface area contributed by atoms with Gasteiger partial charge in [-0.15, -0.1) is 11.3 Å². The Morgan fingerprint density at radius 2 is 2.00 bits per heavy atom. The summed E-state index contributed by atoms with van der Waals surface area (Å²) in [6.45, 7) is -0.219. The molecule has 0 spiro atoms. The molecule has 25 heavy (non-hydrogen) atoms. The first kappa shape index (κ1) is 17.4. The number of rotatable bonds is 6. The minimum Gasteiger partial charge on any atom is -0.496 e. The van der Waals surface area contributed by atoms with Gasteiger partial charge in [0.05, 0.1) is 25.1 Å². The Morgan fingerprint density at radius 1 is 1.24 bits per heavy atom. The van der Waals surface area contributed by atoms with E-state index in [2.05, 4.69) is 15.5 Å². The molecule has 0 atom stereocenters. The molecule has 2 N–H and O–H groups in total. The second-order valence-electron chi connectivity index (χ2n) is 5.07. The smallest absolute Gasteiger partial charge is 0.203 e. The van der Waals surface area contributed by atoms with E-state index in [0.29, 0.717) is 21.6 Å². The van der Waals surface area contributed by atoms with Crippen LogP contribution in [0.2, 0.25) is 5.02 Å². The maximum absolute atomic E-state index is 9.63. The summed E-state index contributed by atoms with van der Waals surface area (Å²) in [6.07, 6.45) is 0. The Bertz CT molecular complexity index is 878. The summed E-state index contributed by atoms with van der Waals surface area (Å²) in [5, 5.41) is 17.2. The Hall–Kier alpha value is -2.41. The van der Waals surface area contributed by atoms with Crippen molar-refractivity contribution in [1.29, 1.82) is 0 Å². The second kappa shape index (κ2) is 8.11. The van der Waals surface area contributed by atoms with Gasteiger partial charge in [0.2, 0.25) is 5.13 Å². The molecule has 0 aliphatic heterocycles. The average molecular weight is 374 g/mol. The van der Waals surface area contributed by atoms with E-state index < -0.39 is 0 Å². The van der Waals surface area contributed by atoms with E-state index in [0.717, 1.165) is 16.8 Å². The Kier molecular flexibility index (Phi) is 5.65. The molecule has 0 unspecified atom stereocenters. The van der Waals surface area contributed by atoms with Crippen molar-refractivity contribution < 1.29 is 9.84 Å². The van der Waals surface area contributed by atoms with Crippen LogP contribution in [-0.2, 0) is 0 Å². The molecule has 0 aliphatic carbocycles. The van der Waals surface area contributed by atoms with Gasteiger partial charge in [0, 0.05) is 21.5 Å². The molecule has 0 saturated heterocycles. The van der Waals surface area contributed by atoms with Gasteiger partial charge in [0.1, 0.15) is 5.75 Å². The van der Waals surface area contributed by atoms with Crippen molar-refractivity contribution in [3.8, 4) is 17.0 Å². The fourth-order valence-corrected chi connectivity index (χ4v) is 3.04. The topological polar surface area (TPSA) is 66.7 Å². The minimum atomic E-state index is -0.219. The van der Waals surface area contributed by atoms with Crippen LogP contribution in [0.15, 0.2) is 59.0 Å². The summed E-state index contributed by atoms with van der Waals surface area (Å²) in [4.78, 5) is 4.50. The van der Waals surface area contributed by atoms with Gasteiger partial charge in [-0.2, -0.15) is 5.10 Å². The molecule has 3 rings (SSSR count). The van der Waals surface area contributed by atoms with Crippen LogP contribution in [0.5, 0.6) is 5.75 Å². The number of aliphatic hydroxyl groups is 1. The number of nitrogens with one attached hydrogen (secondary N) is 1. The predicted molar refractivity (Wildman–Crippen MR) is 103 cm³/mol. The Balaban J connectivity index is 1.80. The van der Waals surface area contributed by atoms with Crippen molar-refractivity contribution in [2.45, 2.75) is 0 Å². The van der Waals surface area contributed by atoms with Crippen molar-refractivity contribution in [1.82, 2.24) is 4.98 Å². The van der Waals surface area contributed by atoms with Crippen molar-refractivity contribution >= 4 is 33.8 Å². The van der Waals surface area contributed by atoms with E-state index in [1.54, 1.807) is 7.11 Å². The number of hydrogen-bond donors (Lipinski definition) is 2. The van der Waals surface area contributed by atoms with Crippen LogP contribution in [0.4, 0.5) is 5.13 Å². The fraction of sp³-hybridized carbons (Fsp3) is 0.111. The molecule has 3 aromatic rings. The molecule has 7 heteroatoms. The number of anilines is 1. The largest absolute Gasteiger partial charge is 0.496 e. The number of aliphatic hydroxyl groups excluding tert-OH is 1. The zero-order valence-corrected chi connectivity index (χ0v) is 15.0. The van der Waals surface area contributed by atoms with Crippen LogP contribution < -0.4 is 10.2 Å². The summed E-state index contributed by atoms with van der Waals surface area (Å²) in [5.74, 6) is 0.651. The molecular formula is C18H16ClN3O2S. The molecule has 128 valence electrons. The monoisotopic (exact) mass is 373 g/mol. The summed E-state index contributed by atoms with van der Waals surface area (Å²) < 4.78 is 5.31. The molecule has 1 aromatic heterocycles. The summed E-state index contributed by atoms with van der Waals surface area (Å²) >= 11 is 7.34.